The van der Waals surface area contributed by atoms with Crippen molar-refractivity contribution in [2.24, 2.45) is 11.8 Å². The summed E-state index contributed by atoms with van der Waals surface area (Å²) in [7, 11) is 0. The van der Waals surface area contributed by atoms with Gasteiger partial charge in [0.05, 0.1) is 17.1 Å². The van der Waals surface area contributed by atoms with E-state index in [0.29, 0.717) is 28.1 Å². The molecular weight excluding hydrogens is 512 g/mol. The monoisotopic (exact) mass is 540 g/mol. The predicted octanol–water partition coefficient (Wildman–Crippen LogP) is 5.65. The van der Waals surface area contributed by atoms with E-state index in [2.05, 4.69) is 49.6 Å². The van der Waals surface area contributed by atoms with Gasteiger partial charge in [0.2, 0.25) is 0 Å². The van der Waals surface area contributed by atoms with E-state index in [1.807, 2.05) is 42.5 Å². The lowest BCUT2D eigenvalue weighted by molar-refractivity contribution is -0.125. The number of halogens is 1. The molecule has 0 fully saturated rings. The summed E-state index contributed by atoms with van der Waals surface area (Å²) in [5, 5.41) is 0.662. The van der Waals surface area contributed by atoms with E-state index in [9.17, 15) is 9.59 Å². The Morgan fingerprint density at radius 1 is 0.949 bits per heavy atom. The summed E-state index contributed by atoms with van der Waals surface area (Å²) in [6, 6.07) is 25.7. The van der Waals surface area contributed by atoms with Gasteiger partial charge in [0, 0.05) is 16.1 Å². The van der Waals surface area contributed by atoms with Gasteiger partial charge >= 0.3 is 0 Å². The average Bonchev–Trinajstić information content (AvgIpc) is 2.94. The molecule has 1 aromatic heterocycles. The molecule has 0 aliphatic carbocycles. The maximum atomic E-state index is 12.6. The lowest BCUT2D eigenvalue weighted by Crippen LogP contribution is -2.46. The van der Waals surface area contributed by atoms with Gasteiger partial charge < -0.3 is 4.74 Å². The van der Waals surface area contributed by atoms with Gasteiger partial charge in [-0.25, -0.2) is 10.8 Å². The van der Waals surface area contributed by atoms with Gasteiger partial charge in [-0.15, -0.1) is 0 Å². The zero-order chi connectivity index (χ0) is 27.5. The maximum absolute atomic E-state index is 12.6. The number of carbonyl (C=O) groups is 2. The number of hydrogen-bond acceptors (Lipinski definition) is 5. The van der Waals surface area contributed by atoms with Crippen molar-refractivity contribution in [1.82, 2.24) is 10.4 Å². The van der Waals surface area contributed by atoms with Gasteiger partial charge in [0.15, 0.2) is 6.61 Å². The summed E-state index contributed by atoms with van der Waals surface area (Å²) < 4.78 is 5.62. The summed E-state index contributed by atoms with van der Waals surface area (Å²) in [6.45, 7) is 4.06. The standard InChI is InChI=1S/C31H29ClN4O3/c1-19(2)13-20-3-5-22(6-4-20)26-14-24(21-7-10-25(32)11-8-21)15-27(34-26)23-9-12-29-28(16-23)36(17-30(37)35-33)31(38)18-39-29/h3-12,14-16,19H,13,17-18,33H2,1-2H3,(H,35,37). The van der Waals surface area contributed by atoms with Gasteiger partial charge in [-0.05, 0) is 71.5 Å². The molecule has 4 aromatic rings. The van der Waals surface area contributed by atoms with Gasteiger partial charge in [-0.1, -0.05) is 61.8 Å². The summed E-state index contributed by atoms with van der Waals surface area (Å²) in [6.07, 6.45) is 1.01. The van der Waals surface area contributed by atoms with E-state index in [0.717, 1.165) is 34.4 Å². The fourth-order valence-electron chi connectivity index (χ4n) is 4.64. The number of rotatable bonds is 7. The second kappa shape index (κ2) is 11.3. The number of ether oxygens (including phenoxy) is 1. The zero-order valence-electron chi connectivity index (χ0n) is 21.8. The Bertz CT molecular complexity index is 1520. The second-order valence-electron chi connectivity index (χ2n) is 9.95. The Morgan fingerprint density at radius 2 is 1.59 bits per heavy atom. The summed E-state index contributed by atoms with van der Waals surface area (Å²) in [5.41, 5.74) is 9.14. The number of nitrogens with one attached hydrogen (secondary N) is 1. The molecule has 2 heterocycles. The minimum Gasteiger partial charge on any atom is -0.482 e. The van der Waals surface area contributed by atoms with Gasteiger partial charge in [0.25, 0.3) is 11.8 Å². The third-order valence-electron chi connectivity index (χ3n) is 6.56. The minimum atomic E-state index is -0.479. The number of aromatic nitrogens is 1. The van der Waals surface area contributed by atoms with Crippen LogP contribution in [-0.2, 0) is 16.0 Å². The maximum Gasteiger partial charge on any atom is 0.265 e. The molecule has 0 saturated carbocycles. The molecule has 1 aliphatic rings. The molecule has 0 spiro atoms. The highest BCUT2D eigenvalue weighted by molar-refractivity contribution is 6.30. The molecule has 3 aromatic carbocycles. The number of benzene rings is 3. The summed E-state index contributed by atoms with van der Waals surface area (Å²) in [5.74, 6) is 5.56. The van der Waals surface area contributed by atoms with E-state index in [4.69, 9.17) is 27.2 Å². The van der Waals surface area contributed by atoms with Crippen LogP contribution in [0.1, 0.15) is 19.4 Å². The Morgan fingerprint density at radius 3 is 2.26 bits per heavy atom. The van der Waals surface area contributed by atoms with E-state index < -0.39 is 5.91 Å². The first-order valence-electron chi connectivity index (χ1n) is 12.7. The largest absolute Gasteiger partial charge is 0.482 e. The van der Waals surface area contributed by atoms with Crippen LogP contribution in [0, 0.1) is 5.92 Å². The van der Waals surface area contributed by atoms with E-state index in [1.165, 1.54) is 10.5 Å². The number of nitrogens with zero attached hydrogens (tertiary/aromatic N) is 2. The third kappa shape index (κ3) is 5.95. The van der Waals surface area contributed by atoms with E-state index in [-0.39, 0.29) is 19.1 Å². The molecule has 3 N–H and O–H groups in total. The average molecular weight is 541 g/mol. The molecule has 0 unspecified atom stereocenters. The third-order valence-corrected chi connectivity index (χ3v) is 6.81. The number of amides is 2. The fraction of sp³-hybridized carbons (Fsp3) is 0.194. The predicted molar refractivity (Wildman–Crippen MR) is 154 cm³/mol. The van der Waals surface area contributed by atoms with Crippen molar-refractivity contribution in [2.45, 2.75) is 20.3 Å². The SMILES string of the molecule is CC(C)Cc1ccc(-c2cc(-c3ccc(Cl)cc3)cc(-c3ccc4c(c3)N(CC(=O)NN)C(=O)CO4)n2)cc1. The first kappa shape index (κ1) is 26.4. The molecule has 0 atom stereocenters. The van der Waals surface area contributed by atoms with Crippen LogP contribution < -0.4 is 20.9 Å². The molecule has 0 bridgehead atoms. The lowest BCUT2D eigenvalue weighted by atomic mass is 9.98. The zero-order valence-corrected chi connectivity index (χ0v) is 22.5. The van der Waals surface area contributed by atoms with Gasteiger partial charge in [-0.2, -0.15) is 0 Å². The first-order chi connectivity index (χ1) is 18.8. The first-order valence-corrected chi connectivity index (χ1v) is 13.1. The van der Waals surface area contributed by atoms with Crippen LogP contribution in [0.4, 0.5) is 5.69 Å². The van der Waals surface area contributed by atoms with Crippen molar-refractivity contribution in [3.8, 4) is 39.4 Å². The van der Waals surface area contributed by atoms with Crippen molar-refractivity contribution in [1.29, 1.82) is 0 Å². The lowest BCUT2D eigenvalue weighted by Gasteiger charge is -2.29. The molecule has 7 nitrogen and oxygen atoms in total. The molecule has 2 amide bonds. The quantitative estimate of drug-likeness (QED) is 0.179. The second-order valence-corrected chi connectivity index (χ2v) is 10.4. The van der Waals surface area contributed by atoms with Crippen molar-refractivity contribution < 1.29 is 14.3 Å². The minimum absolute atomic E-state index is 0.147. The van der Waals surface area contributed by atoms with Crippen molar-refractivity contribution in [2.75, 3.05) is 18.1 Å². The number of fused-ring (bicyclic) bond motifs is 1. The highest BCUT2D eigenvalue weighted by Crippen LogP contribution is 2.37. The number of carbonyl (C=O) groups excluding carboxylic acids is 2. The van der Waals surface area contributed by atoms with E-state index >= 15 is 0 Å². The Balaban J connectivity index is 1.61. The molecular formula is C31H29ClN4O3. The van der Waals surface area contributed by atoms with Crippen LogP contribution in [0.2, 0.25) is 5.02 Å². The highest BCUT2D eigenvalue weighted by Gasteiger charge is 2.28. The molecule has 198 valence electrons. The number of pyridine rings is 1. The Hall–Kier alpha value is -4.20. The van der Waals surface area contributed by atoms with Crippen LogP contribution in [0.25, 0.3) is 33.6 Å². The van der Waals surface area contributed by atoms with Crippen molar-refractivity contribution in [3.63, 3.8) is 0 Å². The number of hydrazine groups is 1. The summed E-state index contributed by atoms with van der Waals surface area (Å²) in [4.78, 5) is 31.0. The smallest absolute Gasteiger partial charge is 0.265 e. The number of hydrogen-bond donors (Lipinski definition) is 2. The Labute approximate surface area is 232 Å². The molecule has 0 saturated heterocycles. The molecule has 0 radical (unpaired) electrons. The normalized spacial score (nSPS) is 12.7. The summed E-state index contributed by atoms with van der Waals surface area (Å²) >= 11 is 6.15. The number of anilines is 1. The van der Waals surface area contributed by atoms with Crippen LogP contribution >= 0.6 is 11.6 Å². The molecule has 1 aliphatic heterocycles. The van der Waals surface area contributed by atoms with E-state index in [1.54, 1.807) is 6.07 Å². The van der Waals surface area contributed by atoms with Crippen LogP contribution in [0.15, 0.2) is 78.9 Å². The fourth-order valence-corrected chi connectivity index (χ4v) is 4.77. The molecule has 5 rings (SSSR count). The van der Waals surface area contributed by atoms with Crippen LogP contribution in [-0.4, -0.2) is 29.9 Å². The highest BCUT2D eigenvalue weighted by atomic mass is 35.5. The van der Waals surface area contributed by atoms with Crippen molar-refractivity contribution in [3.05, 3.63) is 89.4 Å². The van der Waals surface area contributed by atoms with Crippen molar-refractivity contribution >= 4 is 29.1 Å². The Kier molecular flexibility index (Phi) is 7.63. The molecule has 8 heteroatoms. The van der Waals surface area contributed by atoms with Crippen LogP contribution in [0.3, 0.4) is 0 Å². The number of nitrogens with two attached hydrogens (primary N) is 1. The topological polar surface area (TPSA) is 97.6 Å². The van der Waals surface area contributed by atoms with Gasteiger partial charge in [0.1, 0.15) is 12.3 Å². The van der Waals surface area contributed by atoms with Crippen LogP contribution in [0.5, 0.6) is 5.75 Å². The van der Waals surface area contributed by atoms with Gasteiger partial charge in [-0.3, -0.25) is 19.9 Å². The molecule has 39 heavy (non-hydrogen) atoms.